The molecule has 0 N–H and O–H groups in total. The van der Waals surface area contributed by atoms with Gasteiger partial charge in [-0.05, 0) is 168 Å². The van der Waals surface area contributed by atoms with Crippen molar-refractivity contribution in [2.45, 2.75) is 486 Å². The summed E-state index contributed by atoms with van der Waals surface area (Å²) < 4.78 is 0. The van der Waals surface area contributed by atoms with Gasteiger partial charge in [-0.15, -0.1) is 0 Å². The molecule has 0 fully saturated rings. The first kappa shape index (κ1) is 134. The Morgan fingerprint density at radius 2 is 0.254 bits per heavy atom. The summed E-state index contributed by atoms with van der Waals surface area (Å²) in [7, 11) is 0. The lowest BCUT2D eigenvalue weighted by Crippen LogP contribution is -2.47. The van der Waals surface area contributed by atoms with Crippen LogP contribution in [0.25, 0.3) is 0 Å². The standard InChI is InChI=1S/C28H26.C20H26.2C14H22.C12H26.5C10H22/c1-27(23-15-7-3-8-16-23,24-17-9-4-10-18-24)28(2,25-19-11-5-12-20-25)26-21-13-6-14-22-26;1-19(2,3)20(4,15-17-11-7-5-8-12-17)16-18-13-9-6-10-14-18;2*1-13(2,3)14(4,5)11-12-9-7-6-8-10-12;1-7-11(5,8-2)12(6,9-3)10-4;2*1-7-9(3,4)10(5,6)8-2;3*1-7-10(6,8-2)9(3,4)5/h3-22H,1-2H3;5-14H,15-16H2,1-4H3;2*6-10H,11H2,1-5H3;7-10H2,1-6H3;5*7-8H2,1-6H3. The lowest BCUT2D eigenvalue weighted by Gasteiger charge is -2.48. The summed E-state index contributed by atoms with van der Waals surface area (Å²) in [5.74, 6) is 0. The summed E-state index contributed by atoms with van der Waals surface area (Å²) in [6.07, 6.45) is 22.6. The van der Waals surface area contributed by atoms with Crippen molar-refractivity contribution in [2.75, 3.05) is 0 Å². The Balaban J connectivity index is 0. The second-order valence-corrected chi connectivity index (χ2v) is 53.5. The quantitative estimate of drug-likeness (QED) is 0.0421. The molecule has 0 radical (unpaired) electrons. The fourth-order valence-corrected chi connectivity index (χ4v) is 18.1. The molecule has 8 aromatic rings. The van der Waals surface area contributed by atoms with E-state index in [4.69, 9.17) is 0 Å². The van der Waals surface area contributed by atoms with Crippen LogP contribution in [0, 0.1) is 97.5 Å². The smallest absolute Gasteiger partial charge is 0.0309 e. The van der Waals surface area contributed by atoms with Gasteiger partial charge in [0.05, 0.1) is 0 Å². The molecular weight excluding hydrogens is 1660 g/mol. The van der Waals surface area contributed by atoms with E-state index in [0.717, 1.165) is 25.7 Å². The third kappa shape index (κ3) is 39.4. The van der Waals surface area contributed by atoms with Crippen molar-refractivity contribution in [3.63, 3.8) is 0 Å². The van der Waals surface area contributed by atoms with Gasteiger partial charge < -0.3 is 0 Å². The van der Waals surface area contributed by atoms with Crippen molar-refractivity contribution in [2.24, 2.45) is 97.5 Å². The fourth-order valence-electron chi connectivity index (χ4n) is 18.1. The van der Waals surface area contributed by atoms with Crippen LogP contribution >= 0.6 is 0 Å². The minimum absolute atomic E-state index is 0.246. The number of hydrogen-bond acceptors (Lipinski definition) is 0. The van der Waals surface area contributed by atoms with Crippen LogP contribution in [-0.4, -0.2) is 0 Å². The summed E-state index contributed by atoms with van der Waals surface area (Å²) in [4.78, 5) is 0. The predicted octanol–water partition coefficient (Wildman–Crippen LogP) is 45.1. The van der Waals surface area contributed by atoms with Crippen LogP contribution in [0.3, 0.4) is 0 Å². The zero-order valence-electron chi connectivity index (χ0n) is 102. The van der Waals surface area contributed by atoms with Gasteiger partial charge in [-0.3, -0.25) is 0 Å². The molecule has 0 saturated carbocycles. The zero-order valence-corrected chi connectivity index (χ0v) is 102. The van der Waals surface area contributed by atoms with Crippen LogP contribution in [0.5, 0.6) is 0 Å². The van der Waals surface area contributed by atoms with Crippen LogP contribution in [0.4, 0.5) is 0 Å². The van der Waals surface area contributed by atoms with Gasteiger partial charge in [0.15, 0.2) is 0 Å². The number of hydrogen-bond donors (Lipinski definition) is 0. The van der Waals surface area contributed by atoms with Gasteiger partial charge in [-0.2, -0.15) is 0 Å². The normalized spacial score (nSPS) is 13.0. The molecule has 0 saturated heterocycles. The molecule has 0 nitrogen and oxygen atoms in total. The fraction of sp³-hybridized carbons (Fsp3) is 0.652. The first-order valence-electron chi connectivity index (χ1n) is 55.5. The van der Waals surface area contributed by atoms with Crippen LogP contribution in [0.2, 0.25) is 0 Å². The van der Waals surface area contributed by atoms with Gasteiger partial charge in [0.2, 0.25) is 0 Å². The Bertz CT molecular complexity index is 3950. The second kappa shape index (κ2) is 57.5. The average Bonchev–Trinajstić information content (AvgIpc) is 0.715. The molecule has 0 aromatic heterocycles. The van der Waals surface area contributed by atoms with Gasteiger partial charge in [-0.1, -0.05) is 693 Å². The van der Waals surface area contributed by atoms with E-state index < -0.39 is 0 Å². The Morgan fingerprint density at radius 3 is 0.362 bits per heavy atom. The highest BCUT2D eigenvalue weighted by molar-refractivity contribution is 5.54. The van der Waals surface area contributed by atoms with Gasteiger partial charge in [0.1, 0.15) is 0 Å². The third-order valence-electron chi connectivity index (χ3n) is 40.0. The maximum atomic E-state index is 2.44. The van der Waals surface area contributed by atoms with Gasteiger partial charge >= 0.3 is 0 Å². The molecule has 0 aliphatic rings. The molecule has 784 valence electrons. The molecule has 0 amide bonds. The lowest BCUT2D eigenvalue weighted by atomic mass is 9.53. The van der Waals surface area contributed by atoms with Crippen LogP contribution in [0.15, 0.2) is 243 Å². The first-order chi connectivity index (χ1) is 63.1. The molecule has 8 rings (SSSR count). The maximum Gasteiger partial charge on any atom is 0.0309 e. The highest BCUT2D eigenvalue weighted by Gasteiger charge is 2.50. The van der Waals surface area contributed by atoms with Gasteiger partial charge in [-0.25, -0.2) is 0 Å². The minimum Gasteiger partial charge on any atom is -0.0649 e. The molecular formula is C138H232. The van der Waals surface area contributed by atoms with Crippen molar-refractivity contribution in [1.82, 2.24) is 0 Å². The Hall–Kier alpha value is -6.24. The molecule has 0 unspecified atom stereocenters. The Morgan fingerprint density at radius 1 is 0.123 bits per heavy atom. The molecule has 0 spiro atoms. The van der Waals surface area contributed by atoms with Gasteiger partial charge in [0, 0.05) is 10.8 Å². The summed E-state index contributed by atoms with van der Waals surface area (Å²) in [5.41, 5.74) is 18.3. The van der Waals surface area contributed by atoms with Crippen molar-refractivity contribution in [1.29, 1.82) is 0 Å². The van der Waals surface area contributed by atoms with E-state index in [-0.39, 0.29) is 21.7 Å². The van der Waals surface area contributed by atoms with E-state index in [9.17, 15) is 0 Å². The van der Waals surface area contributed by atoms with E-state index in [1.165, 1.54) is 134 Å². The summed E-state index contributed by atoms with van der Waals surface area (Å²) in [6, 6.07) is 86.9. The van der Waals surface area contributed by atoms with E-state index in [2.05, 4.69) is 603 Å². The van der Waals surface area contributed by atoms with E-state index in [0.29, 0.717) is 86.6 Å². The molecule has 0 heteroatoms. The topological polar surface area (TPSA) is 0 Å². The molecule has 0 bridgehead atoms. The third-order valence-corrected chi connectivity index (χ3v) is 40.0. The molecule has 0 aliphatic carbocycles. The highest BCUT2D eigenvalue weighted by Crippen LogP contribution is 2.55. The first-order valence-corrected chi connectivity index (χ1v) is 55.5. The molecule has 8 aromatic carbocycles. The van der Waals surface area contributed by atoms with E-state index >= 15 is 0 Å². The van der Waals surface area contributed by atoms with Gasteiger partial charge in [0.25, 0.3) is 0 Å². The zero-order chi connectivity index (χ0) is 108. The maximum absolute atomic E-state index is 2.44. The Labute approximate surface area is 865 Å². The van der Waals surface area contributed by atoms with E-state index in [1.807, 2.05) is 0 Å². The number of rotatable bonds is 30. The molecule has 0 atom stereocenters. The van der Waals surface area contributed by atoms with Crippen LogP contribution < -0.4 is 0 Å². The van der Waals surface area contributed by atoms with Crippen molar-refractivity contribution in [3.8, 4) is 0 Å². The summed E-state index contributed by atoms with van der Waals surface area (Å²) >= 11 is 0. The predicted molar refractivity (Wildman–Crippen MR) is 631 cm³/mol. The molecule has 0 heterocycles. The number of benzene rings is 8. The SMILES string of the molecule is CC(C)(C)C(C)(C)Cc1ccccc1.CC(C)(C)C(C)(C)Cc1ccccc1.CC(C)(C)C(C)(Cc1ccccc1)Cc1ccccc1.CC(c1ccccc1)(c1ccccc1)C(C)(c1ccccc1)c1ccccc1.CCC(C)(C)C(C)(C)CC.CCC(C)(C)C(C)(C)CC.CCC(C)(CC)C(C)(C)C.CCC(C)(CC)C(C)(C)C.CCC(C)(CC)C(C)(C)C.CCC(C)(CC)C(C)(CC)CC. The lowest BCUT2D eigenvalue weighted by molar-refractivity contribution is 0.0500. The summed E-state index contributed by atoms with van der Waals surface area (Å²) in [5, 5.41) is 0. The average molecular weight is 1890 g/mol. The molecule has 138 heavy (non-hydrogen) atoms. The van der Waals surface area contributed by atoms with Crippen LogP contribution in [0.1, 0.15) is 494 Å². The summed E-state index contributed by atoms with van der Waals surface area (Å²) in [6.45, 7) is 122. The van der Waals surface area contributed by atoms with Crippen molar-refractivity contribution >= 4 is 0 Å². The second-order valence-electron chi connectivity index (χ2n) is 53.5. The minimum atomic E-state index is -0.252. The monoisotopic (exact) mass is 1890 g/mol. The van der Waals surface area contributed by atoms with Crippen molar-refractivity contribution in [3.05, 3.63) is 287 Å². The van der Waals surface area contributed by atoms with Crippen LogP contribution in [-0.2, 0) is 36.5 Å². The Kier molecular flexibility index (Phi) is 55.7. The largest absolute Gasteiger partial charge is 0.0649 e. The van der Waals surface area contributed by atoms with E-state index in [1.54, 1.807) is 0 Å². The van der Waals surface area contributed by atoms with Crippen molar-refractivity contribution < 1.29 is 0 Å². The molecule has 0 aliphatic heterocycles. The highest BCUT2D eigenvalue weighted by atomic mass is 14.5.